The molecule has 1 aliphatic rings. The highest BCUT2D eigenvalue weighted by Gasteiger charge is 2.34. The summed E-state index contributed by atoms with van der Waals surface area (Å²) in [5, 5.41) is 17.3. The van der Waals surface area contributed by atoms with Crippen LogP contribution in [0.2, 0.25) is 0 Å². The summed E-state index contributed by atoms with van der Waals surface area (Å²) in [6, 6.07) is 1.76. The molecule has 3 N–H and O–H groups in total. The molecule has 0 radical (unpaired) electrons. The fourth-order valence-electron chi connectivity index (χ4n) is 2.97. The predicted octanol–water partition coefficient (Wildman–Crippen LogP) is 1.19. The lowest BCUT2D eigenvalue weighted by atomic mass is 9.95. The van der Waals surface area contributed by atoms with Gasteiger partial charge in [-0.2, -0.15) is 5.10 Å². The van der Waals surface area contributed by atoms with Crippen LogP contribution < -0.4 is 16.0 Å². The van der Waals surface area contributed by atoms with Crippen LogP contribution >= 0.6 is 11.5 Å². The molecular weight excluding hydrogens is 342 g/mol. The Hall–Kier alpha value is -2.33. The number of nitrogens with one attached hydrogen (secondary N) is 3. The number of aryl methyl sites for hydroxylation is 2. The van der Waals surface area contributed by atoms with E-state index in [1.807, 2.05) is 20.8 Å². The largest absolute Gasteiger partial charge is 0.322 e. The number of carbonyl (C=O) groups is 2. The molecule has 134 valence electrons. The fraction of sp³-hybridized carbons (Fsp3) is 0.533. The molecule has 2 amide bonds. The lowest BCUT2D eigenvalue weighted by molar-refractivity contribution is -0.130. The molecule has 0 aromatic carbocycles. The first kappa shape index (κ1) is 17.5. The Morgan fingerprint density at radius 3 is 2.80 bits per heavy atom. The lowest BCUT2D eigenvalue weighted by Gasteiger charge is -2.35. The van der Waals surface area contributed by atoms with Gasteiger partial charge in [-0.25, -0.2) is 4.68 Å². The molecule has 1 saturated heterocycles. The monoisotopic (exact) mass is 363 g/mol. The minimum absolute atomic E-state index is 0.00440. The number of carbonyl (C=O) groups excluding carboxylic acids is 2. The van der Waals surface area contributed by atoms with Crippen molar-refractivity contribution in [2.24, 2.45) is 5.92 Å². The van der Waals surface area contributed by atoms with Crippen molar-refractivity contribution >= 4 is 29.2 Å². The molecule has 3 heterocycles. The molecule has 0 saturated carbocycles. The Bertz CT molecular complexity index is 800. The second-order valence-electron chi connectivity index (χ2n) is 6.14. The van der Waals surface area contributed by atoms with Crippen LogP contribution in [0.15, 0.2) is 6.07 Å². The first-order valence-electron chi connectivity index (χ1n) is 8.13. The third-order valence-corrected chi connectivity index (χ3v) is 5.11. The van der Waals surface area contributed by atoms with Crippen LogP contribution in [0.25, 0.3) is 0 Å². The van der Waals surface area contributed by atoms with Gasteiger partial charge < -0.3 is 10.6 Å². The molecule has 10 heteroatoms. The number of rotatable bonds is 4. The molecule has 2 aromatic rings. The molecule has 1 aliphatic heterocycles. The van der Waals surface area contributed by atoms with E-state index in [-0.39, 0.29) is 23.8 Å². The fourth-order valence-corrected chi connectivity index (χ4v) is 3.52. The van der Waals surface area contributed by atoms with Gasteiger partial charge in [0.2, 0.25) is 5.91 Å². The number of amides is 2. The highest BCUT2D eigenvalue weighted by atomic mass is 32.1. The van der Waals surface area contributed by atoms with Crippen LogP contribution in [0, 0.1) is 19.8 Å². The van der Waals surface area contributed by atoms with Crippen molar-refractivity contribution in [1.82, 2.24) is 30.0 Å². The smallest absolute Gasteiger partial charge is 0.270 e. The molecule has 3 rings (SSSR count). The zero-order valence-electron chi connectivity index (χ0n) is 14.5. The molecular formula is C15H21N7O2S. The van der Waals surface area contributed by atoms with Gasteiger partial charge in [0.15, 0.2) is 6.29 Å². The van der Waals surface area contributed by atoms with Gasteiger partial charge in [0, 0.05) is 12.1 Å². The van der Waals surface area contributed by atoms with E-state index >= 15 is 0 Å². The van der Waals surface area contributed by atoms with Crippen molar-refractivity contribution in [3.63, 3.8) is 0 Å². The van der Waals surface area contributed by atoms with Gasteiger partial charge in [-0.1, -0.05) is 11.4 Å². The maximum atomic E-state index is 12.4. The van der Waals surface area contributed by atoms with Crippen molar-refractivity contribution in [3.8, 4) is 0 Å². The van der Waals surface area contributed by atoms with Crippen molar-refractivity contribution in [2.75, 3.05) is 5.32 Å². The maximum absolute atomic E-state index is 12.4. The van der Waals surface area contributed by atoms with Crippen molar-refractivity contribution < 1.29 is 9.59 Å². The Balaban J connectivity index is 1.83. The van der Waals surface area contributed by atoms with E-state index in [1.54, 1.807) is 17.7 Å². The van der Waals surface area contributed by atoms with Crippen LogP contribution in [0.5, 0.6) is 0 Å². The summed E-state index contributed by atoms with van der Waals surface area (Å²) in [6.07, 6.45) is 0.238. The molecule has 0 spiro atoms. The topological polar surface area (TPSA) is 114 Å². The Morgan fingerprint density at radius 2 is 2.20 bits per heavy atom. The molecule has 9 nitrogen and oxygen atoms in total. The van der Waals surface area contributed by atoms with Gasteiger partial charge >= 0.3 is 0 Å². The standard InChI is InChI=1S/C15H21N7O2S/c1-5-10-8(3)16-15(18-13(10)23)22-11(6-7(2)20-22)17-14(24)12-9(4)19-21-25-12/h6,8,10,15-16H,5H2,1-4H3,(H,17,24)(H,18,23). The number of hydrogen-bond donors (Lipinski definition) is 3. The number of anilines is 1. The average molecular weight is 363 g/mol. The van der Waals surface area contributed by atoms with Gasteiger partial charge in [0.05, 0.1) is 17.3 Å². The summed E-state index contributed by atoms with van der Waals surface area (Å²) in [5.74, 6) is 0.0917. The van der Waals surface area contributed by atoms with Crippen molar-refractivity contribution in [1.29, 1.82) is 0 Å². The van der Waals surface area contributed by atoms with Gasteiger partial charge in [0.25, 0.3) is 5.91 Å². The second-order valence-corrected chi connectivity index (χ2v) is 6.89. The van der Waals surface area contributed by atoms with Crippen LogP contribution in [0.3, 0.4) is 0 Å². The lowest BCUT2D eigenvalue weighted by Crippen LogP contribution is -2.57. The zero-order chi connectivity index (χ0) is 18.1. The minimum atomic E-state index is -0.519. The first-order valence-corrected chi connectivity index (χ1v) is 8.91. The first-order chi connectivity index (χ1) is 11.9. The molecule has 0 aliphatic carbocycles. The van der Waals surface area contributed by atoms with E-state index in [9.17, 15) is 9.59 Å². The van der Waals surface area contributed by atoms with Crippen LogP contribution in [0.4, 0.5) is 5.82 Å². The third kappa shape index (κ3) is 3.40. The van der Waals surface area contributed by atoms with Gasteiger partial charge in [-0.15, -0.1) is 5.10 Å². The molecule has 3 unspecified atom stereocenters. The van der Waals surface area contributed by atoms with Gasteiger partial charge in [-0.05, 0) is 38.7 Å². The highest BCUT2D eigenvalue weighted by molar-refractivity contribution is 7.08. The van der Waals surface area contributed by atoms with Gasteiger partial charge in [-0.3, -0.25) is 14.9 Å². The van der Waals surface area contributed by atoms with Gasteiger partial charge in [0.1, 0.15) is 10.7 Å². The van der Waals surface area contributed by atoms with E-state index < -0.39 is 6.29 Å². The van der Waals surface area contributed by atoms with Crippen molar-refractivity contribution in [3.05, 3.63) is 22.3 Å². The van der Waals surface area contributed by atoms with Crippen LogP contribution in [0.1, 0.15) is 47.6 Å². The number of hydrogen-bond acceptors (Lipinski definition) is 7. The Labute approximate surface area is 149 Å². The summed E-state index contributed by atoms with van der Waals surface area (Å²) in [5.41, 5.74) is 1.31. The SMILES string of the molecule is CCC1C(=O)NC(n2nc(C)cc2NC(=O)c2snnc2C)NC1C. The Morgan fingerprint density at radius 1 is 1.44 bits per heavy atom. The number of nitrogens with zero attached hydrogens (tertiary/aromatic N) is 4. The quantitative estimate of drug-likeness (QED) is 0.752. The molecule has 25 heavy (non-hydrogen) atoms. The molecule has 2 aromatic heterocycles. The van der Waals surface area contributed by atoms with E-state index in [4.69, 9.17) is 0 Å². The summed E-state index contributed by atoms with van der Waals surface area (Å²) in [6.45, 7) is 7.52. The summed E-state index contributed by atoms with van der Waals surface area (Å²) in [4.78, 5) is 25.2. The van der Waals surface area contributed by atoms with E-state index in [0.717, 1.165) is 23.6 Å². The van der Waals surface area contributed by atoms with E-state index in [0.29, 0.717) is 16.4 Å². The van der Waals surface area contributed by atoms with E-state index in [2.05, 4.69) is 30.6 Å². The number of aromatic nitrogens is 4. The summed E-state index contributed by atoms with van der Waals surface area (Å²) in [7, 11) is 0. The highest BCUT2D eigenvalue weighted by Crippen LogP contribution is 2.22. The second kappa shape index (κ2) is 6.89. The maximum Gasteiger partial charge on any atom is 0.270 e. The van der Waals surface area contributed by atoms with E-state index in [1.165, 1.54) is 0 Å². The molecule has 1 fully saturated rings. The van der Waals surface area contributed by atoms with Crippen LogP contribution in [-0.2, 0) is 4.79 Å². The zero-order valence-corrected chi connectivity index (χ0v) is 15.3. The summed E-state index contributed by atoms with van der Waals surface area (Å²) >= 11 is 1.04. The average Bonchev–Trinajstić information content (AvgIpc) is 3.12. The summed E-state index contributed by atoms with van der Waals surface area (Å²) < 4.78 is 5.36. The van der Waals surface area contributed by atoms with Crippen molar-refractivity contribution in [2.45, 2.75) is 46.4 Å². The Kier molecular flexibility index (Phi) is 4.82. The minimum Gasteiger partial charge on any atom is -0.322 e. The molecule has 3 atom stereocenters. The van der Waals surface area contributed by atoms with Crippen LogP contribution in [-0.4, -0.2) is 37.2 Å². The third-order valence-electron chi connectivity index (χ3n) is 4.28. The predicted molar refractivity (Wildman–Crippen MR) is 93.1 cm³/mol. The normalized spacial score (nSPS) is 23.4. The molecule has 0 bridgehead atoms.